The van der Waals surface area contributed by atoms with E-state index in [0.717, 1.165) is 18.5 Å². The molecule has 104 valence electrons. The van der Waals surface area contributed by atoms with Gasteiger partial charge in [0, 0.05) is 18.7 Å². The lowest BCUT2D eigenvalue weighted by atomic mass is 9.87. The molecule has 1 aromatic carbocycles. The molecule has 3 nitrogen and oxygen atoms in total. The summed E-state index contributed by atoms with van der Waals surface area (Å²) in [4.78, 5) is 14.3. The maximum Gasteiger partial charge on any atom is 0.254 e. The van der Waals surface area contributed by atoms with Crippen molar-refractivity contribution in [2.24, 2.45) is 17.6 Å². The first-order valence-corrected chi connectivity index (χ1v) is 6.78. The van der Waals surface area contributed by atoms with Crippen molar-refractivity contribution in [1.82, 2.24) is 4.90 Å². The van der Waals surface area contributed by atoms with Crippen molar-refractivity contribution < 1.29 is 9.18 Å². The van der Waals surface area contributed by atoms with E-state index in [1.165, 1.54) is 12.1 Å². The number of nitrogens with zero attached hydrogens (tertiary/aromatic N) is 1. The average Bonchev–Trinajstić information content (AvgIpc) is 2.41. The van der Waals surface area contributed by atoms with E-state index in [-0.39, 0.29) is 11.7 Å². The Labute approximate surface area is 113 Å². The Morgan fingerprint density at radius 2 is 2.26 bits per heavy atom. The fourth-order valence-electron chi connectivity index (χ4n) is 2.64. The van der Waals surface area contributed by atoms with Gasteiger partial charge in [-0.15, -0.1) is 0 Å². The van der Waals surface area contributed by atoms with Crippen molar-refractivity contribution in [2.75, 3.05) is 19.6 Å². The summed E-state index contributed by atoms with van der Waals surface area (Å²) in [6.45, 7) is 6.00. The summed E-state index contributed by atoms with van der Waals surface area (Å²) in [6.07, 6.45) is 0.960. The van der Waals surface area contributed by atoms with Crippen molar-refractivity contribution in [3.63, 3.8) is 0 Å². The van der Waals surface area contributed by atoms with Crippen LogP contribution in [0.5, 0.6) is 0 Å². The molecule has 2 N–H and O–H groups in total. The number of benzene rings is 1. The summed E-state index contributed by atoms with van der Waals surface area (Å²) in [5.41, 5.74) is 7.03. The van der Waals surface area contributed by atoms with Crippen molar-refractivity contribution in [3.05, 3.63) is 35.1 Å². The van der Waals surface area contributed by atoms with Gasteiger partial charge in [-0.1, -0.05) is 13.0 Å². The molecule has 1 saturated heterocycles. The molecule has 0 spiro atoms. The number of carbonyl (C=O) groups is 1. The van der Waals surface area contributed by atoms with Crippen LogP contribution in [0.3, 0.4) is 0 Å². The molecular formula is C15H21FN2O. The molecule has 2 atom stereocenters. The van der Waals surface area contributed by atoms with Crippen molar-refractivity contribution in [1.29, 1.82) is 0 Å². The number of rotatable bonds is 2. The molecule has 1 fully saturated rings. The Morgan fingerprint density at radius 3 is 2.95 bits per heavy atom. The van der Waals surface area contributed by atoms with Crippen LogP contribution in [0.1, 0.15) is 29.3 Å². The molecule has 0 aliphatic carbocycles. The Morgan fingerprint density at radius 1 is 1.53 bits per heavy atom. The Kier molecular flexibility index (Phi) is 4.20. The van der Waals surface area contributed by atoms with E-state index in [2.05, 4.69) is 6.92 Å². The van der Waals surface area contributed by atoms with Gasteiger partial charge in [-0.05, 0) is 49.4 Å². The number of halogens is 1. The molecule has 1 aliphatic heterocycles. The summed E-state index contributed by atoms with van der Waals surface area (Å²) < 4.78 is 13.3. The predicted molar refractivity (Wildman–Crippen MR) is 73.4 cm³/mol. The van der Waals surface area contributed by atoms with Crippen LogP contribution in [0.15, 0.2) is 18.2 Å². The lowest BCUT2D eigenvalue weighted by Gasteiger charge is -2.36. The highest BCUT2D eigenvalue weighted by molar-refractivity contribution is 5.95. The zero-order valence-electron chi connectivity index (χ0n) is 11.5. The first kappa shape index (κ1) is 14.0. The van der Waals surface area contributed by atoms with E-state index in [1.54, 1.807) is 11.0 Å². The number of hydrogen-bond donors (Lipinski definition) is 1. The van der Waals surface area contributed by atoms with Gasteiger partial charge >= 0.3 is 0 Å². The van der Waals surface area contributed by atoms with E-state index >= 15 is 0 Å². The molecule has 1 aromatic rings. The number of hydrogen-bond acceptors (Lipinski definition) is 2. The smallest absolute Gasteiger partial charge is 0.254 e. The third kappa shape index (κ3) is 2.95. The molecule has 19 heavy (non-hydrogen) atoms. The second kappa shape index (κ2) is 5.70. The minimum absolute atomic E-state index is 0.0812. The fraction of sp³-hybridized carbons (Fsp3) is 0.533. The molecule has 0 aromatic heterocycles. The summed E-state index contributed by atoms with van der Waals surface area (Å²) in [5.74, 6) is 0.436. The molecule has 0 saturated carbocycles. The van der Waals surface area contributed by atoms with Crippen LogP contribution >= 0.6 is 0 Å². The predicted octanol–water partition coefficient (Wildman–Crippen LogP) is 2.19. The SMILES string of the molecule is Cc1ccc(F)cc1C(=O)N1CCC(C)C(CN)C1. The number of piperidine rings is 1. The summed E-state index contributed by atoms with van der Waals surface area (Å²) in [5, 5.41) is 0. The van der Waals surface area contributed by atoms with Crippen LogP contribution in [0.4, 0.5) is 4.39 Å². The molecular weight excluding hydrogens is 243 g/mol. The minimum atomic E-state index is -0.366. The van der Waals surface area contributed by atoms with E-state index in [1.807, 2.05) is 6.92 Å². The molecule has 1 amide bonds. The Hall–Kier alpha value is -1.42. The lowest BCUT2D eigenvalue weighted by Crippen LogP contribution is -2.45. The first-order chi connectivity index (χ1) is 9.02. The number of likely N-dealkylation sites (tertiary alicyclic amines) is 1. The Balaban J connectivity index is 2.18. The highest BCUT2D eigenvalue weighted by Gasteiger charge is 2.29. The van der Waals surface area contributed by atoms with Crippen LogP contribution in [-0.4, -0.2) is 30.4 Å². The van der Waals surface area contributed by atoms with Gasteiger partial charge in [0.2, 0.25) is 0 Å². The maximum absolute atomic E-state index is 13.3. The van der Waals surface area contributed by atoms with Gasteiger partial charge in [-0.3, -0.25) is 4.79 Å². The quantitative estimate of drug-likeness (QED) is 0.890. The molecule has 0 bridgehead atoms. The van der Waals surface area contributed by atoms with Crippen LogP contribution < -0.4 is 5.73 Å². The highest BCUT2D eigenvalue weighted by Crippen LogP contribution is 2.24. The van der Waals surface area contributed by atoms with Crippen LogP contribution in [-0.2, 0) is 0 Å². The van der Waals surface area contributed by atoms with Gasteiger partial charge in [0.1, 0.15) is 5.82 Å². The largest absolute Gasteiger partial charge is 0.338 e. The van der Waals surface area contributed by atoms with Crippen molar-refractivity contribution in [3.8, 4) is 0 Å². The zero-order chi connectivity index (χ0) is 14.0. The second-order valence-corrected chi connectivity index (χ2v) is 5.47. The van der Waals surface area contributed by atoms with Crippen molar-refractivity contribution in [2.45, 2.75) is 20.3 Å². The maximum atomic E-state index is 13.3. The summed E-state index contributed by atoms with van der Waals surface area (Å²) in [7, 11) is 0. The monoisotopic (exact) mass is 264 g/mol. The van der Waals surface area contributed by atoms with E-state index in [0.29, 0.717) is 30.5 Å². The van der Waals surface area contributed by atoms with E-state index in [9.17, 15) is 9.18 Å². The van der Waals surface area contributed by atoms with E-state index in [4.69, 9.17) is 5.73 Å². The lowest BCUT2D eigenvalue weighted by molar-refractivity contribution is 0.0617. The standard InChI is InChI=1S/C15H21FN2O/c1-10-5-6-18(9-12(10)8-17)15(19)14-7-13(16)4-3-11(14)2/h3-4,7,10,12H,5-6,8-9,17H2,1-2H3. The van der Waals surface area contributed by atoms with Gasteiger partial charge in [-0.2, -0.15) is 0 Å². The van der Waals surface area contributed by atoms with Gasteiger partial charge in [0.05, 0.1) is 0 Å². The summed E-state index contributed by atoms with van der Waals surface area (Å²) in [6, 6.07) is 4.36. The number of carbonyl (C=O) groups excluding carboxylic acids is 1. The van der Waals surface area contributed by atoms with Crippen LogP contribution in [0.25, 0.3) is 0 Å². The third-order valence-electron chi connectivity index (χ3n) is 4.13. The molecule has 2 rings (SSSR count). The highest BCUT2D eigenvalue weighted by atomic mass is 19.1. The number of nitrogens with two attached hydrogens (primary N) is 1. The third-order valence-corrected chi connectivity index (χ3v) is 4.13. The molecule has 2 unspecified atom stereocenters. The molecule has 1 aliphatic rings. The molecule has 0 radical (unpaired) electrons. The topological polar surface area (TPSA) is 46.3 Å². The second-order valence-electron chi connectivity index (χ2n) is 5.47. The zero-order valence-corrected chi connectivity index (χ0v) is 11.5. The van der Waals surface area contributed by atoms with Crippen molar-refractivity contribution >= 4 is 5.91 Å². The van der Waals surface area contributed by atoms with Gasteiger partial charge < -0.3 is 10.6 Å². The van der Waals surface area contributed by atoms with Crippen LogP contribution in [0.2, 0.25) is 0 Å². The number of aryl methyl sites for hydroxylation is 1. The molecule has 1 heterocycles. The first-order valence-electron chi connectivity index (χ1n) is 6.78. The molecule has 4 heteroatoms. The average molecular weight is 264 g/mol. The van der Waals surface area contributed by atoms with E-state index < -0.39 is 0 Å². The fourth-order valence-corrected chi connectivity index (χ4v) is 2.64. The van der Waals surface area contributed by atoms with Gasteiger partial charge in [-0.25, -0.2) is 4.39 Å². The number of amides is 1. The minimum Gasteiger partial charge on any atom is -0.338 e. The summed E-state index contributed by atoms with van der Waals surface area (Å²) >= 11 is 0. The Bertz CT molecular complexity index is 475. The normalized spacial score (nSPS) is 23.5. The van der Waals surface area contributed by atoms with Gasteiger partial charge in [0.25, 0.3) is 5.91 Å². The van der Waals surface area contributed by atoms with Gasteiger partial charge in [0.15, 0.2) is 0 Å². The van der Waals surface area contributed by atoms with Crippen LogP contribution in [0, 0.1) is 24.6 Å².